The molecule has 0 aliphatic rings. The Labute approximate surface area is 101 Å². The molecule has 0 radical (unpaired) electrons. The van der Waals surface area contributed by atoms with Crippen molar-refractivity contribution in [2.75, 3.05) is 23.8 Å². The molecule has 94 valence electrons. The highest BCUT2D eigenvalue weighted by Crippen LogP contribution is 2.13. The molecule has 0 aliphatic carbocycles. The molecule has 6 heteroatoms. The van der Waals surface area contributed by atoms with Crippen LogP contribution >= 0.6 is 0 Å². The van der Waals surface area contributed by atoms with Crippen molar-refractivity contribution in [2.24, 2.45) is 0 Å². The third kappa shape index (κ3) is 4.67. The van der Waals surface area contributed by atoms with E-state index in [0.717, 1.165) is 5.82 Å². The van der Waals surface area contributed by atoms with Crippen LogP contribution in [0.2, 0.25) is 0 Å². The number of anilines is 2. The molecular formula is C11H18N4O2. The van der Waals surface area contributed by atoms with Crippen LogP contribution in [-0.4, -0.2) is 40.7 Å². The molecule has 0 spiro atoms. The summed E-state index contributed by atoms with van der Waals surface area (Å²) in [4.78, 5) is 20.5. The highest BCUT2D eigenvalue weighted by molar-refractivity contribution is 5.67. The number of carboxylic acid groups (broad SMARTS) is 1. The van der Waals surface area contributed by atoms with E-state index in [1.165, 1.54) is 6.33 Å². The molecule has 0 amide bonds. The first-order chi connectivity index (χ1) is 7.99. The smallest absolute Gasteiger partial charge is 0.305 e. The summed E-state index contributed by atoms with van der Waals surface area (Å²) in [6.45, 7) is 4.47. The van der Waals surface area contributed by atoms with Crippen molar-refractivity contribution in [3.8, 4) is 0 Å². The quantitative estimate of drug-likeness (QED) is 0.775. The van der Waals surface area contributed by atoms with Crippen molar-refractivity contribution in [2.45, 2.75) is 26.3 Å². The minimum atomic E-state index is -0.813. The summed E-state index contributed by atoms with van der Waals surface area (Å²) in [5, 5.41) is 11.8. The fourth-order valence-electron chi connectivity index (χ4n) is 1.31. The number of aliphatic carboxylic acids is 1. The molecule has 0 bridgehead atoms. The Morgan fingerprint density at radius 1 is 1.53 bits per heavy atom. The molecular weight excluding hydrogens is 220 g/mol. The Balaban J connectivity index is 2.66. The van der Waals surface area contributed by atoms with E-state index in [-0.39, 0.29) is 6.42 Å². The van der Waals surface area contributed by atoms with E-state index in [4.69, 9.17) is 5.11 Å². The normalized spacial score (nSPS) is 10.4. The highest BCUT2D eigenvalue weighted by atomic mass is 16.4. The number of carboxylic acids is 1. The van der Waals surface area contributed by atoms with Gasteiger partial charge >= 0.3 is 5.97 Å². The first-order valence-corrected chi connectivity index (χ1v) is 5.50. The van der Waals surface area contributed by atoms with E-state index in [1.807, 2.05) is 27.0 Å². The maximum atomic E-state index is 10.5. The number of aromatic nitrogens is 2. The lowest BCUT2D eigenvalue weighted by Gasteiger charge is -2.18. The second-order valence-corrected chi connectivity index (χ2v) is 4.13. The second-order valence-electron chi connectivity index (χ2n) is 4.13. The van der Waals surface area contributed by atoms with Gasteiger partial charge in [0, 0.05) is 25.7 Å². The van der Waals surface area contributed by atoms with Gasteiger partial charge in [-0.3, -0.25) is 4.79 Å². The van der Waals surface area contributed by atoms with Crippen molar-refractivity contribution in [1.82, 2.24) is 9.97 Å². The van der Waals surface area contributed by atoms with Crippen LogP contribution < -0.4 is 10.2 Å². The summed E-state index contributed by atoms with van der Waals surface area (Å²) in [7, 11) is 1.81. The van der Waals surface area contributed by atoms with E-state index in [0.29, 0.717) is 18.4 Å². The summed E-state index contributed by atoms with van der Waals surface area (Å²) in [6, 6.07) is 2.10. The number of carbonyl (C=O) groups is 1. The van der Waals surface area contributed by atoms with Gasteiger partial charge < -0.3 is 15.3 Å². The maximum absolute atomic E-state index is 10.5. The zero-order valence-corrected chi connectivity index (χ0v) is 10.3. The lowest BCUT2D eigenvalue weighted by molar-refractivity contribution is -0.136. The van der Waals surface area contributed by atoms with Crippen molar-refractivity contribution in [1.29, 1.82) is 0 Å². The molecule has 1 rings (SSSR count). The highest BCUT2D eigenvalue weighted by Gasteiger charge is 2.06. The number of hydrogen-bond donors (Lipinski definition) is 2. The minimum Gasteiger partial charge on any atom is -0.481 e. The average Bonchev–Trinajstić information content (AvgIpc) is 2.25. The van der Waals surface area contributed by atoms with E-state index in [9.17, 15) is 4.79 Å². The van der Waals surface area contributed by atoms with Crippen LogP contribution in [0.3, 0.4) is 0 Å². The zero-order valence-electron chi connectivity index (χ0n) is 10.3. The largest absolute Gasteiger partial charge is 0.481 e. The van der Waals surface area contributed by atoms with Gasteiger partial charge in [0.25, 0.3) is 0 Å². The van der Waals surface area contributed by atoms with Crippen molar-refractivity contribution >= 4 is 17.6 Å². The van der Waals surface area contributed by atoms with Gasteiger partial charge in [-0.1, -0.05) is 0 Å². The van der Waals surface area contributed by atoms with Crippen LogP contribution in [-0.2, 0) is 4.79 Å². The van der Waals surface area contributed by atoms with E-state index >= 15 is 0 Å². The van der Waals surface area contributed by atoms with Crippen LogP contribution in [0.15, 0.2) is 12.4 Å². The van der Waals surface area contributed by atoms with Crippen LogP contribution in [0.25, 0.3) is 0 Å². The van der Waals surface area contributed by atoms with Gasteiger partial charge in [0.2, 0.25) is 0 Å². The third-order valence-corrected chi connectivity index (χ3v) is 2.14. The van der Waals surface area contributed by atoms with Crippen LogP contribution in [0.5, 0.6) is 0 Å². The molecule has 2 N–H and O–H groups in total. The van der Waals surface area contributed by atoms with Gasteiger partial charge in [-0.15, -0.1) is 0 Å². The molecule has 0 unspecified atom stereocenters. The van der Waals surface area contributed by atoms with Crippen LogP contribution in [0, 0.1) is 0 Å². The lowest BCUT2D eigenvalue weighted by Crippen LogP contribution is -2.22. The molecule has 1 aromatic heterocycles. The van der Waals surface area contributed by atoms with Crippen molar-refractivity contribution in [3.05, 3.63) is 12.4 Å². The Morgan fingerprint density at radius 2 is 2.24 bits per heavy atom. The van der Waals surface area contributed by atoms with Gasteiger partial charge in [-0.25, -0.2) is 9.97 Å². The van der Waals surface area contributed by atoms with Gasteiger partial charge in [0.15, 0.2) is 0 Å². The second kappa shape index (κ2) is 6.03. The predicted octanol–water partition coefficient (Wildman–Crippen LogP) is 1.21. The SMILES string of the molecule is CC(C)Nc1cc(N(C)CCC(=O)O)ncn1. The monoisotopic (exact) mass is 238 g/mol. The third-order valence-electron chi connectivity index (χ3n) is 2.14. The van der Waals surface area contributed by atoms with Crippen molar-refractivity contribution in [3.63, 3.8) is 0 Å². The number of hydrogen-bond acceptors (Lipinski definition) is 5. The molecule has 0 aliphatic heterocycles. The molecule has 1 heterocycles. The topological polar surface area (TPSA) is 78.4 Å². The molecule has 6 nitrogen and oxygen atoms in total. The van der Waals surface area contributed by atoms with Gasteiger partial charge in [-0.2, -0.15) is 0 Å². The minimum absolute atomic E-state index is 0.0907. The van der Waals surface area contributed by atoms with E-state index in [1.54, 1.807) is 4.90 Å². The summed E-state index contributed by atoms with van der Waals surface area (Å²) < 4.78 is 0. The number of nitrogens with one attached hydrogen (secondary N) is 1. The van der Waals surface area contributed by atoms with Crippen LogP contribution in [0.4, 0.5) is 11.6 Å². The molecule has 0 aromatic carbocycles. The summed E-state index contributed by atoms with van der Waals surface area (Å²) in [6.07, 6.45) is 1.56. The van der Waals surface area contributed by atoms with Gasteiger partial charge in [0.1, 0.15) is 18.0 Å². The Kier molecular flexibility index (Phi) is 4.68. The first-order valence-electron chi connectivity index (χ1n) is 5.50. The van der Waals surface area contributed by atoms with Crippen LogP contribution in [0.1, 0.15) is 20.3 Å². The molecule has 17 heavy (non-hydrogen) atoms. The van der Waals surface area contributed by atoms with E-state index in [2.05, 4.69) is 15.3 Å². The fourth-order valence-corrected chi connectivity index (χ4v) is 1.31. The summed E-state index contributed by atoms with van der Waals surface area (Å²) >= 11 is 0. The Bertz CT molecular complexity index is 381. The number of nitrogens with zero attached hydrogens (tertiary/aromatic N) is 3. The van der Waals surface area contributed by atoms with Gasteiger partial charge in [0.05, 0.1) is 6.42 Å². The molecule has 0 fully saturated rings. The predicted molar refractivity (Wildman–Crippen MR) is 66.3 cm³/mol. The summed E-state index contributed by atoms with van der Waals surface area (Å²) in [5.41, 5.74) is 0. The Morgan fingerprint density at radius 3 is 2.82 bits per heavy atom. The number of rotatable bonds is 6. The van der Waals surface area contributed by atoms with E-state index < -0.39 is 5.97 Å². The average molecular weight is 238 g/mol. The van der Waals surface area contributed by atoms with Crippen molar-refractivity contribution < 1.29 is 9.90 Å². The maximum Gasteiger partial charge on any atom is 0.305 e. The van der Waals surface area contributed by atoms with Gasteiger partial charge in [-0.05, 0) is 13.8 Å². The molecule has 1 aromatic rings. The molecule has 0 saturated heterocycles. The fraction of sp³-hybridized carbons (Fsp3) is 0.545. The standard InChI is InChI=1S/C11H18N4O2/c1-8(2)14-9-6-10(13-7-12-9)15(3)5-4-11(16)17/h6-8H,4-5H2,1-3H3,(H,16,17)(H,12,13,14). The Hall–Kier alpha value is -1.85. The zero-order chi connectivity index (χ0) is 12.8. The summed E-state index contributed by atoms with van der Waals surface area (Å²) in [5.74, 6) is 0.642. The molecule has 0 saturated carbocycles. The molecule has 0 atom stereocenters. The first kappa shape index (κ1) is 13.2. The lowest BCUT2D eigenvalue weighted by atomic mass is 10.3.